The summed E-state index contributed by atoms with van der Waals surface area (Å²) in [5.41, 5.74) is 1.10. The molecule has 1 saturated heterocycles. The highest BCUT2D eigenvalue weighted by Gasteiger charge is 2.22. The molecule has 0 bridgehead atoms. The number of hydrogen-bond acceptors (Lipinski definition) is 7. The van der Waals surface area contributed by atoms with Gasteiger partial charge in [-0.15, -0.1) is 10.2 Å². The molecule has 0 saturated carbocycles. The fraction of sp³-hybridized carbons (Fsp3) is 0.438. The number of benzene rings is 1. The Morgan fingerprint density at radius 1 is 1.28 bits per heavy atom. The van der Waals surface area contributed by atoms with Crippen molar-refractivity contribution in [1.29, 1.82) is 0 Å². The summed E-state index contributed by atoms with van der Waals surface area (Å²) in [5.74, 6) is 1.70. The van der Waals surface area contributed by atoms with Gasteiger partial charge in [-0.3, -0.25) is 4.79 Å². The molecular weight excluding hydrogens is 380 g/mol. The Hall–Kier alpha value is -1.38. The van der Waals surface area contributed by atoms with Crippen molar-refractivity contribution >= 4 is 46.7 Å². The molecule has 1 aromatic carbocycles. The van der Waals surface area contributed by atoms with E-state index in [0.29, 0.717) is 35.7 Å². The third kappa shape index (κ3) is 5.05. The van der Waals surface area contributed by atoms with Crippen molar-refractivity contribution in [3.63, 3.8) is 0 Å². The lowest BCUT2D eigenvalue weighted by Gasteiger charge is -2.36. The van der Waals surface area contributed by atoms with E-state index in [1.165, 1.54) is 11.8 Å². The summed E-state index contributed by atoms with van der Waals surface area (Å²) in [6.07, 6.45) is 1.98. The summed E-state index contributed by atoms with van der Waals surface area (Å²) in [6.45, 7) is 3.01. The van der Waals surface area contributed by atoms with Crippen molar-refractivity contribution in [1.82, 2.24) is 15.1 Å². The maximum Gasteiger partial charge on any atom is 0.277 e. The number of hydrogen-bond donors (Lipinski definition) is 0. The normalized spacial score (nSPS) is 14.8. The Balaban J connectivity index is 1.46. The molecule has 1 fully saturated rings. The van der Waals surface area contributed by atoms with E-state index in [4.69, 9.17) is 16.0 Å². The molecule has 0 aliphatic carbocycles. The smallest absolute Gasteiger partial charge is 0.277 e. The predicted molar refractivity (Wildman–Crippen MR) is 102 cm³/mol. The van der Waals surface area contributed by atoms with Crippen LogP contribution in [0.25, 0.3) is 0 Å². The second-order valence-electron chi connectivity index (χ2n) is 5.53. The van der Waals surface area contributed by atoms with E-state index in [0.717, 1.165) is 23.8 Å². The van der Waals surface area contributed by atoms with E-state index < -0.39 is 0 Å². The lowest BCUT2D eigenvalue weighted by Crippen LogP contribution is -2.49. The minimum Gasteiger partial charge on any atom is -0.415 e. The summed E-state index contributed by atoms with van der Waals surface area (Å²) in [4.78, 5) is 16.5. The largest absolute Gasteiger partial charge is 0.415 e. The van der Waals surface area contributed by atoms with Crippen molar-refractivity contribution in [2.45, 2.75) is 11.0 Å². The lowest BCUT2D eigenvalue weighted by atomic mass is 10.2. The number of amides is 1. The van der Waals surface area contributed by atoms with Crippen LogP contribution in [-0.4, -0.2) is 59.2 Å². The molecular formula is C16H19ClN4O2S2. The van der Waals surface area contributed by atoms with Gasteiger partial charge in [-0.05, 0) is 24.5 Å². The van der Waals surface area contributed by atoms with Crippen molar-refractivity contribution in [2.75, 3.05) is 43.1 Å². The van der Waals surface area contributed by atoms with E-state index in [2.05, 4.69) is 15.1 Å². The number of rotatable bonds is 6. The average molecular weight is 399 g/mol. The molecule has 0 atom stereocenters. The number of nitrogens with zero attached hydrogens (tertiary/aromatic N) is 4. The van der Waals surface area contributed by atoms with Crippen LogP contribution in [0.5, 0.6) is 0 Å². The molecule has 1 amide bonds. The first-order valence-electron chi connectivity index (χ1n) is 7.88. The van der Waals surface area contributed by atoms with Crippen molar-refractivity contribution in [3.8, 4) is 0 Å². The lowest BCUT2D eigenvalue weighted by molar-refractivity contribution is -0.128. The molecule has 1 aliphatic rings. The molecule has 2 heterocycles. The van der Waals surface area contributed by atoms with Crippen molar-refractivity contribution in [2.24, 2.45) is 0 Å². The number of carbonyl (C=O) groups is 1. The molecule has 0 radical (unpaired) electrons. The highest BCUT2D eigenvalue weighted by Crippen LogP contribution is 2.22. The number of piperazine rings is 1. The zero-order chi connectivity index (χ0) is 17.6. The van der Waals surface area contributed by atoms with Crippen LogP contribution in [0.1, 0.15) is 5.89 Å². The quantitative estimate of drug-likeness (QED) is 0.693. The Morgan fingerprint density at radius 3 is 2.80 bits per heavy atom. The number of thioether (sulfide) groups is 2. The summed E-state index contributed by atoms with van der Waals surface area (Å²) >= 11 is 8.97. The first-order valence-corrected chi connectivity index (χ1v) is 10.6. The SMILES string of the molecule is CSCc1nnc(SCC(=O)N2CCN(c3cccc(Cl)c3)CC2)o1. The molecule has 0 N–H and O–H groups in total. The molecule has 0 unspecified atom stereocenters. The van der Waals surface area contributed by atoms with Gasteiger partial charge in [0.1, 0.15) is 0 Å². The van der Waals surface area contributed by atoms with Gasteiger partial charge in [0, 0.05) is 36.9 Å². The molecule has 9 heteroatoms. The molecule has 3 rings (SSSR count). The number of aromatic nitrogens is 2. The Labute approximate surface area is 160 Å². The van der Waals surface area contributed by atoms with E-state index >= 15 is 0 Å². The van der Waals surface area contributed by atoms with Crippen molar-refractivity contribution < 1.29 is 9.21 Å². The third-order valence-electron chi connectivity index (χ3n) is 3.84. The number of halogens is 1. The van der Waals surface area contributed by atoms with Gasteiger partial charge in [0.15, 0.2) is 0 Å². The van der Waals surface area contributed by atoms with Crippen LogP contribution in [0.4, 0.5) is 5.69 Å². The molecule has 25 heavy (non-hydrogen) atoms. The highest BCUT2D eigenvalue weighted by atomic mass is 35.5. The minimum absolute atomic E-state index is 0.0976. The average Bonchev–Trinajstić information content (AvgIpc) is 3.08. The maximum atomic E-state index is 12.4. The van der Waals surface area contributed by atoms with Crippen LogP contribution in [-0.2, 0) is 10.5 Å². The van der Waals surface area contributed by atoms with Gasteiger partial charge in [0.25, 0.3) is 5.22 Å². The van der Waals surface area contributed by atoms with Crippen LogP contribution >= 0.6 is 35.1 Å². The van der Waals surface area contributed by atoms with Crippen molar-refractivity contribution in [3.05, 3.63) is 35.2 Å². The zero-order valence-electron chi connectivity index (χ0n) is 13.9. The Morgan fingerprint density at radius 2 is 2.08 bits per heavy atom. The molecule has 6 nitrogen and oxygen atoms in total. The maximum absolute atomic E-state index is 12.4. The predicted octanol–water partition coefficient (Wildman–Crippen LogP) is 3.03. The van der Waals surface area contributed by atoms with Gasteiger partial charge in [-0.2, -0.15) is 11.8 Å². The molecule has 0 spiro atoms. The first kappa shape index (κ1) is 18.4. The van der Waals surface area contributed by atoms with Crippen LogP contribution in [0, 0.1) is 0 Å². The molecule has 2 aromatic rings. The van der Waals surface area contributed by atoms with Crippen LogP contribution in [0.3, 0.4) is 0 Å². The second kappa shape index (κ2) is 8.82. The van der Waals surface area contributed by atoms with Crippen LogP contribution in [0.15, 0.2) is 33.9 Å². The molecule has 134 valence electrons. The summed E-state index contributed by atoms with van der Waals surface area (Å²) in [6, 6.07) is 7.81. The summed E-state index contributed by atoms with van der Waals surface area (Å²) in [5, 5.41) is 9.08. The number of anilines is 1. The van der Waals surface area contributed by atoms with E-state index in [1.807, 2.05) is 35.4 Å². The Kier molecular flexibility index (Phi) is 6.50. The standard InChI is InChI=1S/C16H19ClN4O2S2/c1-24-10-14-18-19-16(23-14)25-11-15(22)21-7-5-20(6-8-21)13-4-2-3-12(17)9-13/h2-4,9H,5-8,10-11H2,1H3. The molecule has 1 aliphatic heterocycles. The van der Waals surface area contributed by atoms with Gasteiger partial charge >= 0.3 is 0 Å². The van der Waals surface area contributed by atoms with E-state index in [-0.39, 0.29) is 5.91 Å². The van der Waals surface area contributed by atoms with E-state index in [1.54, 1.807) is 11.8 Å². The third-order valence-corrected chi connectivity index (χ3v) is 5.41. The highest BCUT2D eigenvalue weighted by molar-refractivity contribution is 7.99. The van der Waals surface area contributed by atoms with Gasteiger partial charge < -0.3 is 14.2 Å². The topological polar surface area (TPSA) is 62.5 Å². The van der Waals surface area contributed by atoms with Gasteiger partial charge in [0.2, 0.25) is 11.8 Å². The first-order chi connectivity index (χ1) is 12.2. The fourth-order valence-corrected chi connectivity index (χ4v) is 3.81. The minimum atomic E-state index is 0.0976. The van der Waals surface area contributed by atoms with Gasteiger partial charge in [0.05, 0.1) is 11.5 Å². The summed E-state index contributed by atoms with van der Waals surface area (Å²) < 4.78 is 5.48. The van der Waals surface area contributed by atoms with Crippen LogP contribution in [0.2, 0.25) is 5.02 Å². The van der Waals surface area contributed by atoms with Gasteiger partial charge in [-0.25, -0.2) is 0 Å². The summed E-state index contributed by atoms with van der Waals surface area (Å²) in [7, 11) is 0. The van der Waals surface area contributed by atoms with Crippen LogP contribution < -0.4 is 4.90 Å². The molecule has 1 aromatic heterocycles. The number of carbonyl (C=O) groups excluding carboxylic acids is 1. The fourth-order valence-electron chi connectivity index (χ4n) is 2.58. The van der Waals surface area contributed by atoms with E-state index in [9.17, 15) is 4.79 Å². The zero-order valence-corrected chi connectivity index (χ0v) is 16.2. The monoisotopic (exact) mass is 398 g/mol. The Bertz CT molecular complexity index is 720. The second-order valence-corrected chi connectivity index (χ2v) is 7.76. The van der Waals surface area contributed by atoms with Gasteiger partial charge in [-0.1, -0.05) is 29.4 Å².